The summed E-state index contributed by atoms with van der Waals surface area (Å²) in [5.41, 5.74) is -0.291. The van der Waals surface area contributed by atoms with Crippen LogP contribution in [0.2, 0.25) is 0 Å². The SMILES string of the molecule is COC(=O)C1=C[C@@H]2C(=O)NC(=O)[C@@H]2[C@]12C(=O)N(C)c1ccccc12. The molecule has 0 unspecified atom stereocenters. The summed E-state index contributed by atoms with van der Waals surface area (Å²) in [6, 6.07) is 6.98. The fourth-order valence-electron chi connectivity index (χ4n) is 4.20. The molecule has 3 amide bonds. The highest BCUT2D eigenvalue weighted by atomic mass is 16.5. The van der Waals surface area contributed by atoms with Crippen LogP contribution >= 0.6 is 0 Å². The predicted octanol–water partition coefficient (Wildman–Crippen LogP) is -0.0974. The van der Waals surface area contributed by atoms with Crippen molar-refractivity contribution in [3.8, 4) is 0 Å². The second-order valence-electron chi connectivity index (χ2n) is 6.12. The van der Waals surface area contributed by atoms with Gasteiger partial charge in [-0.05, 0) is 11.6 Å². The number of imide groups is 1. The van der Waals surface area contributed by atoms with Crippen LogP contribution in [0.4, 0.5) is 5.69 Å². The van der Waals surface area contributed by atoms with Crippen molar-refractivity contribution in [2.45, 2.75) is 5.41 Å². The van der Waals surface area contributed by atoms with E-state index in [4.69, 9.17) is 4.74 Å². The summed E-state index contributed by atoms with van der Waals surface area (Å²) in [6.07, 6.45) is 1.41. The highest BCUT2D eigenvalue weighted by molar-refractivity contribution is 6.22. The molecule has 1 fully saturated rings. The lowest BCUT2D eigenvalue weighted by molar-refractivity contribution is -0.139. The highest BCUT2D eigenvalue weighted by Gasteiger charge is 2.69. The Morgan fingerprint density at radius 1 is 1.21 bits per heavy atom. The highest BCUT2D eigenvalue weighted by Crippen LogP contribution is 2.57. The van der Waals surface area contributed by atoms with E-state index in [1.165, 1.54) is 18.1 Å². The van der Waals surface area contributed by atoms with E-state index >= 15 is 0 Å². The number of nitrogens with one attached hydrogen (secondary N) is 1. The molecule has 4 rings (SSSR count). The fourth-order valence-corrected chi connectivity index (χ4v) is 4.20. The molecular formula is C17H14N2O5. The van der Waals surface area contributed by atoms with Crippen molar-refractivity contribution in [1.29, 1.82) is 0 Å². The topological polar surface area (TPSA) is 92.8 Å². The number of rotatable bonds is 1. The Hall–Kier alpha value is -2.96. The van der Waals surface area contributed by atoms with Crippen molar-refractivity contribution in [3.63, 3.8) is 0 Å². The molecule has 1 aromatic carbocycles. The zero-order chi connectivity index (χ0) is 17.2. The first-order valence-corrected chi connectivity index (χ1v) is 7.47. The molecular weight excluding hydrogens is 312 g/mol. The number of ether oxygens (including phenoxy) is 1. The van der Waals surface area contributed by atoms with Crippen LogP contribution in [0.25, 0.3) is 0 Å². The number of anilines is 1. The van der Waals surface area contributed by atoms with Crippen LogP contribution < -0.4 is 10.2 Å². The number of carbonyl (C=O) groups excluding carboxylic acids is 4. The molecule has 7 nitrogen and oxygen atoms in total. The number of hydrogen-bond acceptors (Lipinski definition) is 5. The Bertz CT molecular complexity index is 858. The van der Waals surface area contributed by atoms with Crippen LogP contribution in [0, 0.1) is 11.8 Å². The van der Waals surface area contributed by atoms with Gasteiger partial charge in [0.15, 0.2) is 0 Å². The molecule has 0 radical (unpaired) electrons. The minimum atomic E-state index is -1.51. The molecule has 122 valence electrons. The maximum Gasteiger partial charge on any atom is 0.334 e. The van der Waals surface area contributed by atoms with Crippen molar-refractivity contribution >= 4 is 29.4 Å². The average molecular weight is 326 g/mol. The van der Waals surface area contributed by atoms with Crippen LogP contribution in [0.1, 0.15) is 5.56 Å². The molecule has 1 N–H and O–H groups in total. The third kappa shape index (κ3) is 1.42. The number of carbonyl (C=O) groups is 4. The molecule has 0 saturated carbocycles. The summed E-state index contributed by atoms with van der Waals surface area (Å²) < 4.78 is 4.83. The van der Waals surface area contributed by atoms with Crippen LogP contribution in [-0.2, 0) is 29.3 Å². The minimum absolute atomic E-state index is 0.0602. The maximum atomic E-state index is 13.2. The molecule has 1 aromatic rings. The van der Waals surface area contributed by atoms with Crippen molar-refractivity contribution in [2.24, 2.45) is 11.8 Å². The zero-order valence-electron chi connectivity index (χ0n) is 13.0. The predicted molar refractivity (Wildman–Crippen MR) is 81.8 cm³/mol. The van der Waals surface area contributed by atoms with E-state index in [0.29, 0.717) is 11.3 Å². The van der Waals surface area contributed by atoms with E-state index in [1.54, 1.807) is 31.3 Å². The third-order valence-electron chi connectivity index (χ3n) is 5.17. The summed E-state index contributed by atoms with van der Waals surface area (Å²) in [4.78, 5) is 51.6. The van der Waals surface area contributed by atoms with E-state index in [-0.39, 0.29) is 5.57 Å². The van der Waals surface area contributed by atoms with Gasteiger partial charge in [0.05, 0.1) is 24.5 Å². The maximum absolute atomic E-state index is 13.2. The standard InChI is InChI=1S/C17H14N2O5/c1-19-11-6-4-3-5-9(11)17(16(19)23)10(15(22)24-2)7-8-12(17)14(21)18-13(8)20/h3-8,12H,1-2H3,(H,18,20,21)/t8-,12+,17+/m0/s1. The third-order valence-corrected chi connectivity index (χ3v) is 5.17. The largest absolute Gasteiger partial charge is 0.466 e. The van der Waals surface area contributed by atoms with Gasteiger partial charge in [-0.1, -0.05) is 24.3 Å². The lowest BCUT2D eigenvalue weighted by Crippen LogP contribution is -2.49. The Labute approximate surface area is 137 Å². The van der Waals surface area contributed by atoms with Gasteiger partial charge in [-0.15, -0.1) is 0 Å². The lowest BCUT2D eigenvalue weighted by atomic mass is 9.68. The zero-order valence-corrected chi connectivity index (χ0v) is 13.0. The molecule has 3 aliphatic rings. The average Bonchev–Trinajstić information content (AvgIpc) is 3.15. The van der Waals surface area contributed by atoms with Gasteiger partial charge in [-0.25, -0.2) is 4.79 Å². The van der Waals surface area contributed by atoms with Crippen LogP contribution in [0.15, 0.2) is 35.9 Å². The van der Waals surface area contributed by atoms with E-state index in [2.05, 4.69) is 5.32 Å². The molecule has 1 spiro atoms. The minimum Gasteiger partial charge on any atom is -0.466 e. The number of nitrogens with zero attached hydrogens (tertiary/aromatic N) is 1. The van der Waals surface area contributed by atoms with Crippen molar-refractivity contribution < 1.29 is 23.9 Å². The number of fused-ring (bicyclic) bond motifs is 4. The first-order chi connectivity index (χ1) is 11.4. The van der Waals surface area contributed by atoms with E-state index in [1.807, 2.05) is 0 Å². The number of esters is 1. The number of hydrogen-bond donors (Lipinski definition) is 1. The van der Waals surface area contributed by atoms with Crippen molar-refractivity contribution in [3.05, 3.63) is 41.5 Å². The van der Waals surface area contributed by atoms with Gasteiger partial charge in [0.25, 0.3) is 0 Å². The second-order valence-corrected chi connectivity index (χ2v) is 6.12. The van der Waals surface area contributed by atoms with E-state index in [0.717, 1.165) is 0 Å². The van der Waals surface area contributed by atoms with Gasteiger partial charge in [-0.2, -0.15) is 0 Å². The van der Waals surface area contributed by atoms with Gasteiger partial charge in [0, 0.05) is 12.7 Å². The van der Waals surface area contributed by atoms with Crippen LogP contribution in [0.5, 0.6) is 0 Å². The van der Waals surface area contributed by atoms with E-state index < -0.39 is 40.9 Å². The van der Waals surface area contributed by atoms with Crippen LogP contribution in [0.3, 0.4) is 0 Å². The summed E-state index contributed by atoms with van der Waals surface area (Å²) in [5, 5.41) is 2.27. The van der Waals surface area contributed by atoms with Gasteiger partial charge in [-0.3, -0.25) is 19.7 Å². The van der Waals surface area contributed by atoms with Gasteiger partial charge in [0.1, 0.15) is 5.41 Å². The number of para-hydroxylation sites is 1. The summed E-state index contributed by atoms with van der Waals surface area (Å²) in [7, 11) is 2.80. The van der Waals surface area contributed by atoms with Gasteiger partial charge in [0.2, 0.25) is 17.7 Å². The summed E-state index contributed by atoms with van der Waals surface area (Å²) >= 11 is 0. The number of methoxy groups -OCH3 is 1. The quantitative estimate of drug-likeness (QED) is 0.575. The van der Waals surface area contributed by atoms with Gasteiger partial charge < -0.3 is 9.64 Å². The number of benzene rings is 1. The lowest BCUT2D eigenvalue weighted by Gasteiger charge is -2.30. The number of amides is 3. The molecule has 1 aliphatic carbocycles. The molecule has 2 aliphatic heterocycles. The first kappa shape index (κ1) is 14.6. The Kier molecular flexibility index (Phi) is 2.76. The smallest absolute Gasteiger partial charge is 0.334 e. The summed E-state index contributed by atoms with van der Waals surface area (Å²) in [6.45, 7) is 0. The Morgan fingerprint density at radius 3 is 2.62 bits per heavy atom. The number of likely N-dealkylation sites (N-methyl/N-ethyl adjacent to an activating group) is 1. The Morgan fingerprint density at radius 2 is 1.92 bits per heavy atom. The van der Waals surface area contributed by atoms with Gasteiger partial charge >= 0.3 is 5.97 Å². The Balaban J connectivity index is 2.05. The second kappa shape index (κ2) is 4.53. The molecule has 0 aromatic heterocycles. The van der Waals surface area contributed by atoms with Crippen molar-refractivity contribution in [1.82, 2.24) is 5.32 Å². The molecule has 24 heavy (non-hydrogen) atoms. The van der Waals surface area contributed by atoms with E-state index in [9.17, 15) is 19.2 Å². The molecule has 0 bridgehead atoms. The summed E-state index contributed by atoms with van der Waals surface area (Å²) in [5.74, 6) is -3.98. The first-order valence-electron chi connectivity index (χ1n) is 7.47. The molecule has 3 atom stereocenters. The fraction of sp³-hybridized carbons (Fsp3) is 0.294. The van der Waals surface area contributed by atoms with Crippen molar-refractivity contribution in [2.75, 3.05) is 19.1 Å². The molecule has 1 saturated heterocycles. The normalized spacial score (nSPS) is 30.3. The molecule has 7 heteroatoms. The van der Waals surface area contributed by atoms with Crippen LogP contribution in [-0.4, -0.2) is 37.8 Å². The monoisotopic (exact) mass is 326 g/mol. The molecule has 2 heterocycles.